The fourth-order valence-corrected chi connectivity index (χ4v) is 5.54. The number of nitrogens with zero attached hydrogens (tertiary/aromatic N) is 3. The number of urea groups is 1. The van der Waals surface area contributed by atoms with E-state index in [9.17, 15) is 14.4 Å². The number of amides is 3. The first-order valence-corrected chi connectivity index (χ1v) is 13.5. The maximum Gasteiger partial charge on any atom is 0.338 e. The van der Waals surface area contributed by atoms with Gasteiger partial charge in [-0.1, -0.05) is 53.5 Å². The molecule has 1 saturated heterocycles. The average molecular weight is 559 g/mol. The molecule has 0 saturated carbocycles. The molecule has 38 heavy (non-hydrogen) atoms. The number of carbonyl (C=O) groups excluding carboxylic acids is 3. The zero-order chi connectivity index (χ0) is 27.4. The maximum atomic E-state index is 13.3. The van der Waals surface area contributed by atoms with Gasteiger partial charge in [0.05, 0.1) is 28.8 Å². The Bertz CT molecular complexity index is 1250. The molecule has 0 aliphatic carbocycles. The lowest BCUT2D eigenvalue weighted by molar-refractivity contribution is -0.139. The first-order valence-electron chi connectivity index (χ1n) is 12.8. The number of rotatable bonds is 7. The number of likely N-dealkylation sites (N-methyl/N-ethyl adjacent to an activating group) is 1. The molecule has 2 aromatic rings. The molecule has 2 aromatic carbocycles. The standard InChI is InChI=1S/C28H32Cl2N4O4/c1-4-33-23(17-32-14-15-34(18(3)16-32)26(35)20-11-7-9-13-22(20)30)24(27(36)38-5-2)25(31-28(33)37)19-10-6-8-12-21(19)29/h6-13,18,25H,4-5,14-17H2,1-3H3,(H,31,37)/t18-,25+/m0/s1. The Balaban J connectivity index is 1.64. The largest absolute Gasteiger partial charge is 0.463 e. The van der Waals surface area contributed by atoms with Crippen LogP contribution in [0.2, 0.25) is 10.0 Å². The third kappa shape index (κ3) is 5.67. The van der Waals surface area contributed by atoms with E-state index in [4.69, 9.17) is 27.9 Å². The Hall–Kier alpha value is -3.07. The second-order valence-electron chi connectivity index (χ2n) is 9.29. The molecule has 2 heterocycles. The monoisotopic (exact) mass is 558 g/mol. The lowest BCUT2D eigenvalue weighted by Gasteiger charge is -2.43. The van der Waals surface area contributed by atoms with Crippen molar-refractivity contribution in [2.24, 2.45) is 0 Å². The number of hydrogen-bond donors (Lipinski definition) is 1. The van der Waals surface area contributed by atoms with Gasteiger partial charge in [0.2, 0.25) is 0 Å². The summed E-state index contributed by atoms with van der Waals surface area (Å²) < 4.78 is 5.45. The molecule has 0 bridgehead atoms. The van der Waals surface area contributed by atoms with Gasteiger partial charge in [0.1, 0.15) is 0 Å². The van der Waals surface area contributed by atoms with Crippen LogP contribution in [-0.4, -0.2) is 78.0 Å². The fourth-order valence-electron chi connectivity index (χ4n) is 5.08. The minimum Gasteiger partial charge on any atom is -0.463 e. The molecular weight excluding hydrogens is 527 g/mol. The van der Waals surface area contributed by atoms with Gasteiger partial charge in [-0.15, -0.1) is 0 Å². The van der Waals surface area contributed by atoms with E-state index in [-0.39, 0.29) is 24.6 Å². The summed E-state index contributed by atoms with van der Waals surface area (Å²) >= 11 is 12.8. The van der Waals surface area contributed by atoms with Gasteiger partial charge in [-0.25, -0.2) is 9.59 Å². The Labute approximate surface area is 233 Å². The van der Waals surface area contributed by atoms with Gasteiger partial charge in [-0.05, 0) is 44.5 Å². The normalized spacial score (nSPS) is 20.4. The Morgan fingerprint density at radius 2 is 1.71 bits per heavy atom. The number of nitrogens with one attached hydrogen (secondary N) is 1. The van der Waals surface area contributed by atoms with Crippen molar-refractivity contribution in [2.45, 2.75) is 32.9 Å². The number of benzene rings is 2. The smallest absolute Gasteiger partial charge is 0.338 e. The predicted molar refractivity (Wildman–Crippen MR) is 147 cm³/mol. The maximum absolute atomic E-state index is 13.3. The number of halogens is 2. The summed E-state index contributed by atoms with van der Waals surface area (Å²) in [5.41, 5.74) is 2.05. The molecule has 3 amide bonds. The Morgan fingerprint density at radius 3 is 2.34 bits per heavy atom. The average Bonchev–Trinajstić information content (AvgIpc) is 2.89. The van der Waals surface area contributed by atoms with Crippen LogP contribution in [0.3, 0.4) is 0 Å². The number of piperazine rings is 1. The van der Waals surface area contributed by atoms with Crippen molar-refractivity contribution >= 4 is 41.1 Å². The lowest BCUT2D eigenvalue weighted by Crippen LogP contribution is -2.56. The molecular formula is C28H32Cl2N4O4. The highest BCUT2D eigenvalue weighted by Gasteiger charge is 2.40. The quantitative estimate of drug-likeness (QED) is 0.496. The van der Waals surface area contributed by atoms with Crippen molar-refractivity contribution in [3.05, 3.63) is 81.0 Å². The molecule has 202 valence electrons. The SMILES string of the molecule is CCOC(=O)C1=C(CN2CCN(C(=O)c3ccccc3Cl)[C@@H](C)C2)N(CC)C(=O)N[C@@H]1c1ccccc1Cl. The third-order valence-electron chi connectivity index (χ3n) is 6.92. The van der Waals surface area contributed by atoms with Crippen molar-refractivity contribution in [3.63, 3.8) is 0 Å². The molecule has 0 aromatic heterocycles. The highest BCUT2D eigenvalue weighted by Crippen LogP contribution is 2.35. The van der Waals surface area contributed by atoms with Crippen LogP contribution in [0.25, 0.3) is 0 Å². The molecule has 1 N–H and O–H groups in total. The van der Waals surface area contributed by atoms with Crippen molar-refractivity contribution in [1.29, 1.82) is 0 Å². The van der Waals surface area contributed by atoms with Gasteiger partial charge in [-0.3, -0.25) is 14.6 Å². The molecule has 2 atom stereocenters. The van der Waals surface area contributed by atoms with Gasteiger partial charge in [0, 0.05) is 49.5 Å². The lowest BCUT2D eigenvalue weighted by atomic mass is 9.94. The van der Waals surface area contributed by atoms with E-state index in [1.54, 1.807) is 54.3 Å². The molecule has 2 aliphatic heterocycles. The van der Waals surface area contributed by atoms with E-state index in [1.807, 2.05) is 24.8 Å². The number of ether oxygens (including phenoxy) is 1. The first kappa shape index (κ1) is 28.0. The highest BCUT2D eigenvalue weighted by atomic mass is 35.5. The molecule has 8 nitrogen and oxygen atoms in total. The van der Waals surface area contributed by atoms with Crippen LogP contribution in [0.4, 0.5) is 4.79 Å². The summed E-state index contributed by atoms with van der Waals surface area (Å²) in [4.78, 5) is 45.3. The van der Waals surface area contributed by atoms with Gasteiger partial charge >= 0.3 is 12.0 Å². The third-order valence-corrected chi connectivity index (χ3v) is 7.59. The van der Waals surface area contributed by atoms with Crippen LogP contribution in [-0.2, 0) is 9.53 Å². The molecule has 0 radical (unpaired) electrons. The second-order valence-corrected chi connectivity index (χ2v) is 10.1. The number of hydrogen-bond acceptors (Lipinski definition) is 5. The Morgan fingerprint density at radius 1 is 1.03 bits per heavy atom. The highest BCUT2D eigenvalue weighted by molar-refractivity contribution is 6.33. The number of esters is 1. The summed E-state index contributed by atoms with van der Waals surface area (Å²) in [7, 11) is 0. The van der Waals surface area contributed by atoms with Crippen LogP contribution in [0, 0.1) is 0 Å². The van der Waals surface area contributed by atoms with E-state index < -0.39 is 12.0 Å². The van der Waals surface area contributed by atoms with Gasteiger partial charge in [-0.2, -0.15) is 0 Å². The predicted octanol–water partition coefficient (Wildman–Crippen LogP) is 4.74. The van der Waals surface area contributed by atoms with Crippen molar-refractivity contribution in [1.82, 2.24) is 20.0 Å². The zero-order valence-corrected chi connectivity index (χ0v) is 23.3. The molecule has 1 fully saturated rings. The minimum atomic E-state index is -0.742. The van der Waals surface area contributed by atoms with Crippen LogP contribution in [0.5, 0.6) is 0 Å². The molecule has 2 aliphatic rings. The van der Waals surface area contributed by atoms with E-state index >= 15 is 0 Å². The van der Waals surface area contributed by atoms with Gasteiger partial charge in [0.15, 0.2) is 0 Å². The van der Waals surface area contributed by atoms with Gasteiger partial charge < -0.3 is 15.0 Å². The molecule has 0 unspecified atom stereocenters. The first-order chi connectivity index (χ1) is 18.3. The summed E-state index contributed by atoms with van der Waals surface area (Å²) in [6, 6.07) is 13.0. The fraction of sp³-hybridized carbons (Fsp3) is 0.393. The summed E-state index contributed by atoms with van der Waals surface area (Å²) in [6.07, 6.45) is 0. The van der Waals surface area contributed by atoms with Crippen molar-refractivity contribution < 1.29 is 19.1 Å². The van der Waals surface area contributed by atoms with E-state index in [0.717, 1.165) is 0 Å². The van der Waals surface area contributed by atoms with Crippen LogP contribution in [0.15, 0.2) is 59.8 Å². The van der Waals surface area contributed by atoms with E-state index in [0.29, 0.717) is 65.2 Å². The zero-order valence-electron chi connectivity index (χ0n) is 21.7. The topological polar surface area (TPSA) is 82.2 Å². The molecule has 0 spiro atoms. The van der Waals surface area contributed by atoms with Crippen molar-refractivity contribution in [3.8, 4) is 0 Å². The van der Waals surface area contributed by atoms with Crippen LogP contribution >= 0.6 is 23.2 Å². The van der Waals surface area contributed by atoms with Crippen molar-refractivity contribution in [2.75, 3.05) is 39.3 Å². The second kappa shape index (κ2) is 12.2. The summed E-state index contributed by atoms with van der Waals surface area (Å²) in [6.45, 7) is 8.12. The molecule has 4 rings (SSSR count). The van der Waals surface area contributed by atoms with Crippen LogP contribution in [0.1, 0.15) is 42.7 Å². The summed E-state index contributed by atoms with van der Waals surface area (Å²) in [5.74, 6) is -0.605. The Kier molecular flexibility index (Phi) is 8.97. The molecule has 10 heteroatoms. The minimum absolute atomic E-state index is 0.106. The summed E-state index contributed by atoms with van der Waals surface area (Å²) in [5, 5.41) is 3.82. The van der Waals surface area contributed by atoms with Crippen LogP contribution < -0.4 is 5.32 Å². The van der Waals surface area contributed by atoms with E-state index in [1.165, 1.54) is 0 Å². The van der Waals surface area contributed by atoms with E-state index in [2.05, 4.69) is 10.2 Å². The number of carbonyl (C=O) groups is 3. The van der Waals surface area contributed by atoms with Gasteiger partial charge in [0.25, 0.3) is 5.91 Å².